The van der Waals surface area contributed by atoms with Crippen LogP contribution in [0.3, 0.4) is 0 Å². The number of anilines is 1. The average molecular weight is 421 g/mol. The van der Waals surface area contributed by atoms with Crippen molar-refractivity contribution < 1.29 is 18.8 Å². The molecule has 9 heteroatoms. The lowest BCUT2D eigenvalue weighted by atomic mass is 9.95. The second kappa shape index (κ2) is 7.20. The molecule has 2 aromatic rings. The number of imide groups is 1. The van der Waals surface area contributed by atoms with Gasteiger partial charge in [-0.05, 0) is 49.7 Å². The molecule has 1 aromatic heterocycles. The van der Waals surface area contributed by atoms with Crippen LogP contribution in [-0.2, 0) is 11.2 Å². The average Bonchev–Trinajstić information content (AvgIpc) is 3.19. The Bertz CT molecular complexity index is 822. The molecule has 0 aliphatic carbocycles. The zero-order valence-electron chi connectivity index (χ0n) is 13.9. The molecule has 0 saturated carbocycles. The molecule has 5 amide bonds. The van der Waals surface area contributed by atoms with Gasteiger partial charge in [0, 0.05) is 16.6 Å². The lowest BCUT2D eigenvalue weighted by Gasteiger charge is -2.21. The zero-order chi connectivity index (χ0) is 18.7. The van der Waals surface area contributed by atoms with E-state index in [2.05, 4.69) is 32.0 Å². The lowest BCUT2D eigenvalue weighted by Crippen LogP contribution is -2.50. The number of amides is 5. The number of nitrogens with one attached hydrogen (secondary N) is 3. The Kier molecular flexibility index (Phi) is 4.99. The maximum atomic E-state index is 12.6. The highest BCUT2D eigenvalue weighted by atomic mass is 79.9. The number of rotatable bonds is 5. The number of halogens is 1. The number of nitrogens with zero attached hydrogens (tertiary/aromatic N) is 1. The minimum Gasteiger partial charge on any atom is -0.469 e. The molecular formula is C17H17BrN4O4. The quantitative estimate of drug-likeness (QED) is 0.646. The molecule has 136 valence electrons. The fourth-order valence-electron chi connectivity index (χ4n) is 2.58. The van der Waals surface area contributed by atoms with Crippen LogP contribution in [0.2, 0.25) is 0 Å². The Morgan fingerprint density at radius 2 is 2.00 bits per heavy atom. The Hall–Kier alpha value is -2.81. The van der Waals surface area contributed by atoms with Crippen LogP contribution in [0.4, 0.5) is 15.3 Å². The fraction of sp³-hybridized carbons (Fsp3) is 0.235. The van der Waals surface area contributed by atoms with Crippen LogP contribution in [0.15, 0.2) is 51.6 Å². The topological polar surface area (TPSA) is 104 Å². The smallest absolute Gasteiger partial charge is 0.344 e. The summed E-state index contributed by atoms with van der Waals surface area (Å²) in [5, 5.41) is 5.87. The van der Waals surface area contributed by atoms with Crippen molar-refractivity contribution in [1.82, 2.24) is 15.8 Å². The molecule has 2 heterocycles. The molecule has 26 heavy (non-hydrogen) atoms. The van der Waals surface area contributed by atoms with Gasteiger partial charge in [-0.25, -0.2) is 15.0 Å². The third-order valence-corrected chi connectivity index (χ3v) is 4.56. The van der Waals surface area contributed by atoms with Gasteiger partial charge in [0.05, 0.1) is 6.26 Å². The summed E-state index contributed by atoms with van der Waals surface area (Å²) in [4.78, 5) is 36.8. The van der Waals surface area contributed by atoms with E-state index in [1.165, 1.54) is 0 Å². The second-order valence-electron chi connectivity index (χ2n) is 6.06. The summed E-state index contributed by atoms with van der Waals surface area (Å²) in [6, 6.07) is 9.07. The van der Waals surface area contributed by atoms with E-state index in [0.717, 1.165) is 4.47 Å². The summed E-state index contributed by atoms with van der Waals surface area (Å²) >= 11 is 3.30. The summed E-state index contributed by atoms with van der Waals surface area (Å²) in [7, 11) is 0. The van der Waals surface area contributed by atoms with E-state index < -0.39 is 23.5 Å². The number of furan rings is 1. The van der Waals surface area contributed by atoms with Crippen molar-refractivity contribution in [3.63, 3.8) is 0 Å². The molecule has 0 radical (unpaired) electrons. The highest BCUT2D eigenvalue weighted by molar-refractivity contribution is 9.10. The number of aryl methyl sites for hydroxylation is 1. The Balaban J connectivity index is 1.60. The van der Waals surface area contributed by atoms with Crippen LogP contribution in [-0.4, -0.2) is 28.5 Å². The van der Waals surface area contributed by atoms with Crippen LogP contribution in [0, 0.1) is 0 Å². The Labute approximate surface area is 158 Å². The molecule has 1 unspecified atom stereocenters. The van der Waals surface area contributed by atoms with Crippen molar-refractivity contribution in [2.75, 3.05) is 5.32 Å². The third kappa shape index (κ3) is 3.88. The van der Waals surface area contributed by atoms with Crippen molar-refractivity contribution in [3.8, 4) is 0 Å². The first-order valence-electron chi connectivity index (χ1n) is 7.90. The first kappa shape index (κ1) is 18.0. The van der Waals surface area contributed by atoms with Crippen LogP contribution in [0.25, 0.3) is 0 Å². The van der Waals surface area contributed by atoms with Crippen molar-refractivity contribution in [2.45, 2.75) is 25.3 Å². The van der Waals surface area contributed by atoms with Crippen LogP contribution < -0.4 is 16.1 Å². The Morgan fingerprint density at radius 3 is 2.65 bits per heavy atom. The number of hydrogen-bond acceptors (Lipinski definition) is 4. The van der Waals surface area contributed by atoms with Crippen LogP contribution in [0.1, 0.15) is 19.1 Å². The van der Waals surface area contributed by atoms with Gasteiger partial charge in [-0.2, -0.15) is 5.01 Å². The molecule has 8 nitrogen and oxygen atoms in total. The van der Waals surface area contributed by atoms with Gasteiger partial charge < -0.3 is 15.1 Å². The predicted octanol–water partition coefficient (Wildman–Crippen LogP) is 3.02. The predicted molar refractivity (Wildman–Crippen MR) is 97.1 cm³/mol. The molecule has 3 N–H and O–H groups in total. The third-order valence-electron chi connectivity index (χ3n) is 4.03. The van der Waals surface area contributed by atoms with Gasteiger partial charge in [0.15, 0.2) is 0 Å². The van der Waals surface area contributed by atoms with E-state index in [0.29, 0.717) is 29.3 Å². The van der Waals surface area contributed by atoms with Crippen molar-refractivity contribution >= 4 is 39.6 Å². The minimum absolute atomic E-state index is 0.345. The standard InChI is InChI=1S/C17H17BrN4O4/c1-17(9-8-13-3-2-10-26-13)14(23)22(16(25)20-17)21-15(24)19-12-6-4-11(18)5-7-12/h2-7,10H,8-9H2,1H3,(H,20,25)(H2,19,21,24). The molecule has 3 rings (SSSR count). The van der Waals surface area contributed by atoms with Crippen molar-refractivity contribution in [1.29, 1.82) is 0 Å². The number of hydrogen-bond donors (Lipinski definition) is 3. The second-order valence-corrected chi connectivity index (χ2v) is 6.97. The molecule has 1 atom stereocenters. The fourth-order valence-corrected chi connectivity index (χ4v) is 2.84. The minimum atomic E-state index is -1.12. The van der Waals surface area contributed by atoms with Crippen molar-refractivity contribution in [3.05, 3.63) is 52.9 Å². The number of hydrazine groups is 1. The van der Waals surface area contributed by atoms with E-state index >= 15 is 0 Å². The zero-order valence-corrected chi connectivity index (χ0v) is 15.5. The van der Waals surface area contributed by atoms with Gasteiger partial charge in [-0.1, -0.05) is 15.9 Å². The first-order chi connectivity index (χ1) is 12.4. The number of benzene rings is 1. The maximum Gasteiger partial charge on any atom is 0.344 e. The molecule has 0 bridgehead atoms. The largest absolute Gasteiger partial charge is 0.469 e. The summed E-state index contributed by atoms with van der Waals surface area (Å²) in [6.45, 7) is 1.62. The number of carbonyl (C=O) groups is 3. The summed E-state index contributed by atoms with van der Waals surface area (Å²) in [5.74, 6) is 0.188. The van der Waals surface area contributed by atoms with E-state index in [9.17, 15) is 14.4 Å². The summed E-state index contributed by atoms with van der Waals surface area (Å²) in [6.07, 6.45) is 2.37. The van der Waals surface area contributed by atoms with Crippen molar-refractivity contribution in [2.24, 2.45) is 0 Å². The van der Waals surface area contributed by atoms with E-state index in [1.807, 2.05) is 0 Å². The lowest BCUT2D eigenvalue weighted by molar-refractivity contribution is -0.132. The van der Waals surface area contributed by atoms with Gasteiger partial charge in [-0.3, -0.25) is 4.79 Å². The monoisotopic (exact) mass is 420 g/mol. The van der Waals surface area contributed by atoms with Crippen LogP contribution in [0.5, 0.6) is 0 Å². The number of urea groups is 2. The maximum absolute atomic E-state index is 12.6. The highest BCUT2D eigenvalue weighted by Crippen LogP contribution is 2.22. The van der Waals surface area contributed by atoms with Crippen LogP contribution >= 0.6 is 15.9 Å². The molecule has 1 aromatic carbocycles. The molecule has 1 saturated heterocycles. The molecular weight excluding hydrogens is 404 g/mol. The first-order valence-corrected chi connectivity index (χ1v) is 8.69. The Morgan fingerprint density at radius 1 is 1.27 bits per heavy atom. The van der Waals surface area contributed by atoms with Gasteiger partial charge in [0.2, 0.25) is 0 Å². The van der Waals surface area contributed by atoms with Gasteiger partial charge >= 0.3 is 12.1 Å². The number of carbonyl (C=O) groups excluding carboxylic acids is 3. The van der Waals surface area contributed by atoms with E-state index in [1.54, 1.807) is 49.6 Å². The normalized spacial score (nSPS) is 19.4. The van der Waals surface area contributed by atoms with Gasteiger partial charge in [0.1, 0.15) is 11.3 Å². The summed E-state index contributed by atoms with van der Waals surface area (Å²) < 4.78 is 6.11. The SMILES string of the molecule is CC1(CCc2ccco2)NC(=O)N(NC(=O)Nc2ccc(Br)cc2)C1=O. The molecule has 1 aliphatic heterocycles. The van der Waals surface area contributed by atoms with Gasteiger partial charge in [-0.15, -0.1) is 0 Å². The molecule has 1 fully saturated rings. The van der Waals surface area contributed by atoms with E-state index in [4.69, 9.17) is 4.42 Å². The highest BCUT2D eigenvalue weighted by Gasteiger charge is 2.48. The van der Waals surface area contributed by atoms with E-state index in [-0.39, 0.29) is 0 Å². The molecule has 1 aliphatic rings. The summed E-state index contributed by atoms with van der Waals surface area (Å²) in [5.41, 5.74) is 1.69. The van der Waals surface area contributed by atoms with Gasteiger partial charge in [0.25, 0.3) is 5.91 Å². The molecule has 0 spiro atoms.